The number of nitrogens with one attached hydrogen (secondary N) is 9. The Morgan fingerprint density at radius 3 is 1.25 bits per heavy atom. The van der Waals surface area contributed by atoms with E-state index in [9.17, 15) is 53.7 Å². The number of para-hydroxylation sites is 2. The van der Waals surface area contributed by atoms with Crippen molar-refractivity contribution in [3.8, 4) is 11.3 Å². The molecule has 4 unspecified atom stereocenters. The van der Waals surface area contributed by atoms with Gasteiger partial charge in [-0.3, -0.25) is 48.2 Å². The van der Waals surface area contributed by atoms with Crippen LogP contribution in [-0.2, 0) is 4.74 Å². The van der Waals surface area contributed by atoms with Gasteiger partial charge in [-0.05, 0) is 151 Å². The van der Waals surface area contributed by atoms with Crippen molar-refractivity contribution in [2.24, 2.45) is 22.2 Å². The van der Waals surface area contributed by atoms with E-state index in [0.29, 0.717) is 85.2 Å². The first kappa shape index (κ1) is 123. The number of rotatable bonds is 30. The van der Waals surface area contributed by atoms with Gasteiger partial charge in [0, 0.05) is 98.1 Å². The number of anilines is 2. The van der Waals surface area contributed by atoms with Crippen molar-refractivity contribution >= 4 is 163 Å². The van der Waals surface area contributed by atoms with E-state index < -0.39 is 37.3 Å². The zero-order valence-electron chi connectivity index (χ0n) is 81.7. The molecule has 0 saturated carbocycles. The number of carbonyl (C=O) groups excluding carboxylic acids is 8. The number of Topliss-reactive ketones (excluding diaryl/α,β-unsaturated/α-hetero) is 5. The number of carbonyl (C=O) groups is 8. The second kappa shape index (κ2) is 63.9. The molecule has 0 aliphatic carbocycles. The summed E-state index contributed by atoms with van der Waals surface area (Å²) < 4.78 is 1.94. The number of aliphatic imine (C=N–C) groups is 1. The Balaban J connectivity index is 0.000000426. The van der Waals surface area contributed by atoms with Gasteiger partial charge in [-0.25, -0.2) is 15.0 Å². The summed E-state index contributed by atoms with van der Waals surface area (Å²) in [5.41, 5.74) is 26.1. The lowest BCUT2D eigenvalue weighted by atomic mass is 10.1. The van der Waals surface area contributed by atoms with Crippen LogP contribution in [0.5, 0.6) is 0 Å². The van der Waals surface area contributed by atoms with Gasteiger partial charge >= 0.3 is 0 Å². The summed E-state index contributed by atoms with van der Waals surface area (Å²) in [6, 6.07) is 59.4. The maximum atomic E-state index is 12.7. The molecule has 0 spiro atoms. The van der Waals surface area contributed by atoms with E-state index in [1.807, 2.05) is 238 Å². The third-order valence-corrected chi connectivity index (χ3v) is 20.4. The van der Waals surface area contributed by atoms with Gasteiger partial charge < -0.3 is 93.5 Å². The molecule has 6 aromatic heterocycles. The standard InChI is InChI=1S/C24H22ClN5O2.C19H23N3O3.C16H18N2O3.C9H8Cl3NO2.C9H22N2O.C8H11NO.C7H8ClN3.C6H4Cl3NO.2C2H6/c1-15-12-27-24(29-19-10-6-5-9-18(19)25)30-22(15)17-11-20(26-13-17)23(32)28-21(14-31)16-7-3-2-4-8-16;1-13(11-22(2)3)18(24)15-9-16(20-10-15)19(25)21-17(12-23)14-7-5-4-6-8-14;1-2-15(20)12-8-13(17-9-12)16(21)18-14(10-19)11-6-4-3-5-7-11;1-2-7(14)5-3-6(13-4-5)8(15)9(10,11)12;1-9(2,3)12-8(10(4)5)11(6)7;9-8(6-10)7-4-2-1-3-5-7;8-5-3-1-2-4-6(5)11-7(9)10;7-6(8,9)5(11)4-2-1-3-10-4;2*1-2/h2-13,21,26,31H,14H2,1H3,(H,28,32)(H,27,29,30);4-11,17,20,23H,12H2,1-3H3,(H,21,25);3-9,14,17,19H,2,10H2,1H3,(H,18,21);3-4,13H,2H2,1H3;8H,1-7H3;1-5,8,10H,6,9H2;1-4H,(H4,9,10,11);1-3,10H;2*1-2H3/b;13-11-;;;;;;;;. The number of aliphatic hydroxyl groups is 4. The van der Waals surface area contributed by atoms with Crippen molar-refractivity contribution in [1.82, 2.24) is 65.5 Å². The van der Waals surface area contributed by atoms with Gasteiger partial charge in [0.25, 0.3) is 25.3 Å². The quantitative estimate of drug-likeness (QED) is 0.00496. The van der Waals surface area contributed by atoms with Crippen molar-refractivity contribution in [2.75, 3.05) is 74.0 Å². The summed E-state index contributed by atoms with van der Waals surface area (Å²) in [6.07, 6.45) is 12.0. The first-order valence-electron chi connectivity index (χ1n) is 44.4. The number of ether oxygens (including phenoxy) is 1. The maximum absolute atomic E-state index is 12.7. The molecule has 4 atom stereocenters. The third kappa shape index (κ3) is 44.1. The van der Waals surface area contributed by atoms with Crippen molar-refractivity contribution in [1.29, 1.82) is 0 Å². The van der Waals surface area contributed by atoms with E-state index in [0.717, 1.165) is 33.4 Å². The lowest BCUT2D eigenvalue weighted by molar-refractivity contribution is -0.179. The van der Waals surface area contributed by atoms with E-state index in [1.165, 1.54) is 36.8 Å². The van der Waals surface area contributed by atoms with E-state index in [-0.39, 0.29) is 96.8 Å². The number of allylic oxidation sites excluding steroid dienone is 1. The van der Waals surface area contributed by atoms with E-state index >= 15 is 0 Å². The highest BCUT2D eigenvalue weighted by Crippen LogP contribution is 2.33. The zero-order valence-corrected chi connectivity index (χ0v) is 87.8. The van der Waals surface area contributed by atoms with Crippen LogP contribution < -0.4 is 38.5 Å². The summed E-state index contributed by atoms with van der Waals surface area (Å²) >= 11 is 44.2. The SMILES string of the molecule is C/C(=C/N(C)C)C(=O)c1c[nH]c(C(=O)NC(CO)c2ccccc2)c1.CC.CC.CCC(=O)c1c[nH]c(C(=O)C(Cl)(Cl)Cl)c1.CCC(=O)c1c[nH]c(C(=O)NC(CO)c2ccccc2)c1.CN(C)C(OC(C)(C)C)N(C)C.Cc1cnc(Nc2ccccc2Cl)nc1-c1c[nH]c(C(=O)NC(CO)c2ccccc2)c1.NC(CO)c1ccccc1.NC(N)=Nc1ccccc1Cl.O=C(c1ccc[nH]1)C(Cl)(Cl)Cl. The van der Waals surface area contributed by atoms with E-state index in [4.69, 9.17) is 120 Å². The van der Waals surface area contributed by atoms with Crippen LogP contribution in [0.2, 0.25) is 10.0 Å². The molecule has 0 aliphatic heterocycles. The average Bonchev–Trinajstić information content (AvgIpc) is 1.71. The first-order chi connectivity index (χ1) is 66.8. The van der Waals surface area contributed by atoms with Gasteiger partial charge in [-0.15, -0.1) is 0 Å². The highest BCUT2D eigenvalue weighted by atomic mass is 35.6. The van der Waals surface area contributed by atoms with Gasteiger partial charge in [0.05, 0.1) is 94.7 Å². The molecule has 0 saturated heterocycles. The Kier molecular flexibility index (Phi) is 55.9. The van der Waals surface area contributed by atoms with Gasteiger partial charge in [0.2, 0.25) is 17.5 Å². The Morgan fingerprint density at radius 2 is 0.872 bits per heavy atom. The van der Waals surface area contributed by atoms with Crippen molar-refractivity contribution in [3.63, 3.8) is 0 Å². The van der Waals surface area contributed by atoms with Gasteiger partial charge in [-0.2, -0.15) is 0 Å². The highest BCUT2D eigenvalue weighted by Gasteiger charge is 2.34. The molecule has 0 aliphatic rings. The Hall–Kier alpha value is -11.8. The molecule has 12 rings (SSSR count). The molecule has 12 aromatic rings. The number of guanidine groups is 1. The number of benzene rings is 6. The molecule has 0 radical (unpaired) electrons. The fraction of sp³-hybridized carbons (Fsp3) is 0.304. The van der Waals surface area contributed by atoms with Crippen LogP contribution >= 0.6 is 92.8 Å². The lowest BCUT2D eigenvalue weighted by Crippen LogP contribution is -2.46. The minimum absolute atomic E-state index is 0.00398. The van der Waals surface area contributed by atoms with Gasteiger partial charge in [0.1, 0.15) is 17.1 Å². The van der Waals surface area contributed by atoms with Gasteiger partial charge in [-0.1, -0.05) is 280 Å². The zero-order chi connectivity index (χ0) is 106. The van der Waals surface area contributed by atoms with Crippen LogP contribution in [0.3, 0.4) is 0 Å². The number of hydrogen-bond acceptors (Lipinski definition) is 21. The predicted octanol–water partition coefficient (Wildman–Crippen LogP) is 19.7. The first-order valence-corrected chi connectivity index (χ1v) is 47.4. The molecule has 6 heterocycles. The Labute approximate surface area is 864 Å². The third-order valence-electron chi connectivity index (χ3n) is 18.7. The number of nitrogens with zero attached hydrogens (tertiary/aromatic N) is 6. The molecule has 3 amide bonds. The van der Waals surface area contributed by atoms with Crippen molar-refractivity contribution < 1.29 is 63.5 Å². The lowest BCUT2D eigenvalue weighted by Gasteiger charge is -2.35. The summed E-state index contributed by atoms with van der Waals surface area (Å²) in [4.78, 5) is 127. The number of aliphatic hydroxyl groups excluding tert-OH is 4. The van der Waals surface area contributed by atoms with Crippen LogP contribution in [0.4, 0.5) is 17.3 Å². The molecule has 19 N–H and O–H groups in total. The number of aromatic amines is 5. The highest BCUT2D eigenvalue weighted by molar-refractivity contribution is 6.78. The number of hydrogen-bond donors (Lipinski definition) is 16. The number of aryl methyl sites for hydroxylation is 1. The van der Waals surface area contributed by atoms with Crippen molar-refractivity contribution in [3.05, 3.63) is 338 Å². The number of nitrogens with two attached hydrogens (primary N) is 3. The number of ketones is 5. The Bertz CT molecular complexity index is 5810. The number of alkyl halides is 6. The number of H-pyrrole nitrogens is 5. The molecular weight excluding hydrogens is 1970 g/mol. The number of aromatic nitrogens is 7. The summed E-state index contributed by atoms with van der Waals surface area (Å²) in [6.45, 7) is 20.7. The molecule has 39 heteroatoms. The average molecular weight is 2100 g/mol. The Morgan fingerprint density at radius 1 is 0.489 bits per heavy atom. The fourth-order valence-electron chi connectivity index (χ4n) is 12.0. The molecule has 0 bridgehead atoms. The normalized spacial score (nSPS) is 11.7. The van der Waals surface area contributed by atoms with E-state index in [2.05, 4.69) is 81.9 Å². The van der Waals surface area contributed by atoms with Crippen LogP contribution in [-0.4, -0.2) is 211 Å². The number of amides is 3. The summed E-state index contributed by atoms with van der Waals surface area (Å²) in [5.74, 6) is -2.11. The second-order valence-electron chi connectivity index (χ2n) is 31.5. The molecule has 760 valence electrons. The number of halogens is 8. The minimum atomic E-state index is -2.00. The maximum Gasteiger partial charge on any atom is 0.268 e. The van der Waals surface area contributed by atoms with Crippen molar-refractivity contribution in [2.45, 2.75) is 133 Å². The van der Waals surface area contributed by atoms with E-state index in [1.54, 1.807) is 86.9 Å². The van der Waals surface area contributed by atoms with Crippen LogP contribution in [0.1, 0.15) is 218 Å². The summed E-state index contributed by atoms with van der Waals surface area (Å²) in [5, 5.41) is 49.9. The topological polar surface area (TPSA) is 480 Å². The molecular formula is C102H128Cl8N18O13. The smallest absolute Gasteiger partial charge is 0.268 e. The molecule has 141 heavy (non-hydrogen) atoms. The molecule has 31 nitrogen and oxygen atoms in total. The monoisotopic (exact) mass is 2090 g/mol. The fourth-order valence-corrected chi connectivity index (χ4v) is 12.9. The second-order valence-corrected chi connectivity index (χ2v) is 36.8. The van der Waals surface area contributed by atoms with Crippen LogP contribution in [0, 0.1) is 6.92 Å². The predicted molar refractivity (Wildman–Crippen MR) is 568 cm³/mol. The van der Waals surface area contributed by atoms with Crippen LogP contribution in [0.15, 0.2) is 260 Å². The van der Waals surface area contributed by atoms with Gasteiger partial charge in [0.15, 0.2) is 29.7 Å². The minimum Gasteiger partial charge on any atom is -0.394 e. The molecule has 0 fully saturated rings. The van der Waals surface area contributed by atoms with Crippen LogP contribution in [0.25, 0.3) is 11.3 Å². The summed E-state index contributed by atoms with van der Waals surface area (Å²) in [7, 11) is 11.7. The largest absolute Gasteiger partial charge is 0.394 e. The molecule has 6 aromatic carbocycles.